The van der Waals surface area contributed by atoms with Crippen LogP contribution in [0.4, 0.5) is 0 Å². The molecule has 5 heteroatoms. The number of rotatable bonds is 8. The highest BCUT2D eigenvalue weighted by Crippen LogP contribution is 2.31. The fraction of sp³-hybridized carbons (Fsp3) is 0.364. The number of amides is 2. The molecule has 5 nitrogen and oxygen atoms in total. The third-order valence-corrected chi connectivity index (χ3v) is 4.32. The lowest BCUT2D eigenvalue weighted by atomic mass is 9.99. The Balaban J connectivity index is 2.36. The van der Waals surface area contributed by atoms with Gasteiger partial charge in [0.05, 0.1) is 12.1 Å². The maximum absolute atomic E-state index is 11.6. The molecule has 0 saturated carbocycles. The first kappa shape index (κ1) is 20.6. The first-order valence-electron chi connectivity index (χ1n) is 9.18. The van der Waals surface area contributed by atoms with Gasteiger partial charge in [0.1, 0.15) is 12.2 Å². The molecule has 4 unspecified atom stereocenters. The highest BCUT2D eigenvalue weighted by molar-refractivity contribution is 5.73. The van der Waals surface area contributed by atoms with Crippen LogP contribution in [0.5, 0.6) is 0 Å². The van der Waals surface area contributed by atoms with Gasteiger partial charge in [-0.05, 0) is 25.0 Å². The molecule has 2 aromatic rings. The summed E-state index contributed by atoms with van der Waals surface area (Å²) in [7, 11) is 0. The number of benzene rings is 2. The van der Waals surface area contributed by atoms with Gasteiger partial charge in [-0.3, -0.25) is 9.59 Å². The van der Waals surface area contributed by atoms with Gasteiger partial charge in [-0.15, -0.1) is 0 Å². The molecule has 144 valence electrons. The maximum Gasteiger partial charge on any atom is 0.217 e. The molecular weight excluding hydrogens is 340 g/mol. The van der Waals surface area contributed by atoms with E-state index in [9.17, 15) is 9.59 Å². The normalized spacial score (nSPS) is 15.3. The summed E-state index contributed by atoms with van der Waals surface area (Å²) < 4.78 is 6.52. The average molecular weight is 368 g/mol. The van der Waals surface area contributed by atoms with Gasteiger partial charge in [-0.25, -0.2) is 0 Å². The van der Waals surface area contributed by atoms with E-state index in [2.05, 4.69) is 10.6 Å². The van der Waals surface area contributed by atoms with E-state index in [1.807, 2.05) is 74.5 Å². The zero-order valence-electron chi connectivity index (χ0n) is 16.3. The zero-order chi connectivity index (χ0) is 19.8. The highest BCUT2D eigenvalue weighted by Gasteiger charge is 2.29. The summed E-state index contributed by atoms with van der Waals surface area (Å²) in [6, 6.07) is 19.1. The number of ether oxygens (including phenoxy) is 1. The van der Waals surface area contributed by atoms with Crippen LogP contribution in [-0.4, -0.2) is 23.9 Å². The van der Waals surface area contributed by atoms with Gasteiger partial charge in [0.15, 0.2) is 0 Å². The van der Waals surface area contributed by atoms with Crippen LogP contribution in [0.15, 0.2) is 60.7 Å². The molecule has 0 aliphatic rings. The van der Waals surface area contributed by atoms with E-state index in [1.165, 1.54) is 13.8 Å². The largest absolute Gasteiger partial charge is 0.361 e. The second-order valence-electron chi connectivity index (χ2n) is 6.78. The maximum atomic E-state index is 11.6. The molecule has 0 aliphatic carbocycles. The van der Waals surface area contributed by atoms with Crippen molar-refractivity contribution in [2.24, 2.45) is 0 Å². The molecule has 4 atom stereocenters. The van der Waals surface area contributed by atoms with E-state index in [4.69, 9.17) is 4.74 Å². The summed E-state index contributed by atoms with van der Waals surface area (Å²) in [6.07, 6.45) is -0.729. The third kappa shape index (κ3) is 6.22. The Morgan fingerprint density at radius 3 is 1.33 bits per heavy atom. The minimum atomic E-state index is -0.364. The summed E-state index contributed by atoms with van der Waals surface area (Å²) in [6.45, 7) is 6.83. The van der Waals surface area contributed by atoms with Crippen molar-refractivity contribution >= 4 is 11.8 Å². The van der Waals surface area contributed by atoms with Gasteiger partial charge in [0, 0.05) is 13.8 Å². The Kier molecular flexibility index (Phi) is 7.55. The molecular formula is C22H28N2O3. The lowest BCUT2D eigenvalue weighted by molar-refractivity contribution is -0.123. The van der Waals surface area contributed by atoms with Crippen LogP contribution in [0.1, 0.15) is 51.0 Å². The quantitative estimate of drug-likeness (QED) is 0.749. The fourth-order valence-electron chi connectivity index (χ4n) is 3.21. The molecule has 2 aromatic carbocycles. The van der Waals surface area contributed by atoms with Crippen molar-refractivity contribution in [3.8, 4) is 0 Å². The van der Waals surface area contributed by atoms with E-state index < -0.39 is 0 Å². The second-order valence-corrected chi connectivity index (χ2v) is 6.78. The van der Waals surface area contributed by atoms with Crippen molar-refractivity contribution in [3.63, 3.8) is 0 Å². The summed E-state index contributed by atoms with van der Waals surface area (Å²) in [5.41, 5.74) is 1.93. The summed E-state index contributed by atoms with van der Waals surface area (Å²) in [4.78, 5) is 23.2. The monoisotopic (exact) mass is 368 g/mol. The second kappa shape index (κ2) is 9.88. The van der Waals surface area contributed by atoms with Crippen LogP contribution in [0.2, 0.25) is 0 Å². The molecule has 0 fully saturated rings. The molecule has 27 heavy (non-hydrogen) atoms. The third-order valence-electron chi connectivity index (χ3n) is 4.32. The zero-order valence-corrected chi connectivity index (χ0v) is 16.3. The predicted octanol–water partition coefficient (Wildman–Crippen LogP) is 3.53. The van der Waals surface area contributed by atoms with Gasteiger partial charge >= 0.3 is 0 Å². The number of hydrogen-bond acceptors (Lipinski definition) is 3. The molecule has 2 N–H and O–H groups in total. The van der Waals surface area contributed by atoms with Crippen molar-refractivity contribution in [1.29, 1.82) is 0 Å². The van der Waals surface area contributed by atoms with E-state index >= 15 is 0 Å². The van der Waals surface area contributed by atoms with Gasteiger partial charge < -0.3 is 15.4 Å². The smallest absolute Gasteiger partial charge is 0.217 e. The molecule has 0 aromatic heterocycles. The molecule has 0 aliphatic heterocycles. The van der Waals surface area contributed by atoms with Gasteiger partial charge in [0.25, 0.3) is 0 Å². The summed E-state index contributed by atoms with van der Waals surface area (Å²) >= 11 is 0. The number of carbonyl (C=O) groups is 2. The standard InChI is InChI=1S/C22H28N2O3/c1-15(23-17(3)25)21(19-11-7-5-8-12-19)27-22(16(2)24-18(4)26)20-13-9-6-10-14-20/h5-16,21-22H,1-4H3,(H,23,25)(H,24,26). The van der Waals surface area contributed by atoms with Crippen molar-refractivity contribution in [1.82, 2.24) is 10.6 Å². The molecule has 2 rings (SSSR count). The minimum Gasteiger partial charge on any atom is -0.361 e. The lowest BCUT2D eigenvalue weighted by Crippen LogP contribution is -2.41. The fourth-order valence-corrected chi connectivity index (χ4v) is 3.21. The van der Waals surface area contributed by atoms with Crippen LogP contribution in [0.25, 0.3) is 0 Å². The van der Waals surface area contributed by atoms with E-state index in [0.29, 0.717) is 0 Å². The Morgan fingerprint density at radius 2 is 1.04 bits per heavy atom. The van der Waals surface area contributed by atoms with Crippen LogP contribution in [-0.2, 0) is 14.3 Å². The first-order valence-corrected chi connectivity index (χ1v) is 9.18. The minimum absolute atomic E-state index is 0.113. The van der Waals surface area contributed by atoms with Crippen molar-refractivity contribution in [3.05, 3.63) is 71.8 Å². The highest BCUT2D eigenvalue weighted by atomic mass is 16.5. The van der Waals surface area contributed by atoms with Crippen LogP contribution >= 0.6 is 0 Å². The van der Waals surface area contributed by atoms with E-state index in [1.54, 1.807) is 0 Å². The molecule has 0 heterocycles. The number of nitrogens with one attached hydrogen (secondary N) is 2. The Morgan fingerprint density at radius 1 is 0.704 bits per heavy atom. The SMILES string of the molecule is CC(=O)NC(C)C(OC(c1ccccc1)C(C)NC(C)=O)c1ccccc1. The molecule has 0 bridgehead atoms. The van der Waals surface area contributed by atoms with Crippen molar-refractivity contribution in [2.45, 2.75) is 52.0 Å². The predicted molar refractivity (Wildman–Crippen MR) is 106 cm³/mol. The molecule has 2 amide bonds. The van der Waals surface area contributed by atoms with Crippen LogP contribution in [0, 0.1) is 0 Å². The van der Waals surface area contributed by atoms with Crippen molar-refractivity contribution < 1.29 is 14.3 Å². The molecule has 0 radical (unpaired) electrons. The topological polar surface area (TPSA) is 67.4 Å². The van der Waals surface area contributed by atoms with Gasteiger partial charge in [0.2, 0.25) is 11.8 Å². The Bertz CT molecular complexity index is 670. The van der Waals surface area contributed by atoms with E-state index in [0.717, 1.165) is 11.1 Å². The van der Waals surface area contributed by atoms with Gasteiger partial charge in [-0.1, -0.05) is 60.7 Å². The summed E-state index contributed by atoms with van der Waals surface area (Å²) in [5, 5.41) is 5.85. The molecule has 0 spiro atoms. The Hall–Kier alpha value is -2.66. The molecule has 0 saturated heterocycles. The van der Waals surface area contributed by atoms with Crippen LogP contribution < -0.4 is 10.6 Å². The Labute approximate surface area is 161 Å². The lowest BCUT2D eigenvalue weighted by Gasteiger charge is -2.33. The first-order chi connectivity index (χ1) is 12.9. The van der Waals surface area contributed by atoms with Gasteiger partial charge in [-0.2, -0.15) is 0 Å². The summed E-state index contributed by atoms with van der Waals surface area (Å²) in [5.74, 6) is -0.226. The number of hydrogen-bond donors (Lipinski definition) is 2. The number of carbonyl (C=O) groups excluding carboxylic acids is 2. The van der Waals surface area contributed by atoms with E-state index in [-0.39, 0.29) is 36.1 Å². The van der Waals surface area contributed by atoms with Crippen molar-refractivity contribution in [2.75, 3.05) is 0 Å². The average Bonchev–Trinajstić information content (AvgIpc) is 2.62. The van der Waals surface area contributed by atoms with Crippen LogP contribution in [0.3, 0.4) is 0 Å².